The van der Waals surface area contributed by atoms with Gasteiger partial charge >= 0.3 is 11.9 Å². The summed E-state index contributed by atoms with van der Waals surface area (Å²) < 4.78 is 13.6. The van der Waals surface area contributed by atoms with Crippen LogP contribution in [0.15, 0.2) is 48.5 Å². The molecule has 1 atom stereocenters. The van der Waals surface area contributed by atoms with Crippen molar-refractivity contribution < 1.29 is 24.2 Å². The van der Waals surface area contributed by atoms with Crippen LogP contribution in [-0.2, 0) is 11.2 Å². The molecule has 0 aliphatic rings. The van der Waals surface area contributed by atoms with Crippen molar-refractivity contribution in [3.8, 4) is 0 Å². The van der Waals surface area contributed by atoms with Gasteiger partial charge in [0.15, 0.2) is 0 Å². The first kappa shape index (κ1) is 14.7. The van der Waals surface area contributed by atoms with Gasteiger partial charge in [-0.05, 0) is 35.7 Å². The van der Waals surface area contributed by atoms with Crippen LogP contribution in [-0.4, -0.2) is 22.2 Å². The number of aromatic carboxylic acids is 1. The highest BCUT2D eigenvalue weighted by Crippen LogP contribution is 2.23. The Kier molecular flexibility index (Phi) is 4.33. The van der Waals surface area contributed by atoms with Crippen molar-refractivity contribution in [1.29, 1.82) is 0 Å². The predicted molar refractivity (Wildman–Crippen MR) is 73.9 cm³/mol. The second kappa shape index (κ2) is 6.17. The molecule has 0 fully saturated rings. The Balaban J connectivity index is 2.29. The number of hydrogen-bond donors (Lipinski definition) is 2. The Morgan fingerprint density at radius 1 is 1.00 bits per heavy atom. The van der Waals surface area contributed by atoms with E-state index in [4.69, 9.17) is 5.11 Å². The van der Waals surface area contributed by atoms with Crippen LogP contribution in [0.5, 0.6) is 0 Å². The van der Waals surface area contributed by atoms with E-state index in [1.54, 1.807) is 6.07 Å². The minimum atomic E-state index is -1.08. The Morgan fingerprint density at radius 2 is 1.62 bits per heavy atom. The number of benzene rings is 2. The lowest BCUT2D eigenvalue weighted by Gasteiger charge is -2.13. The van der Waals surface area contributed by atoms with E-state index >= 15 is 0 Å². The largest absolute Gasteiger partial charge is 0.481 e. The molecule has 2 aromatic rings. The second-order valence-electron chi connectivity index (χ2n) is 4.61. The number of rotatable bonds is 5. The fourth-order valence-electron chi connectivity index (χ4n) is 2.09. The van der Waals surface area contributed by atoms with Crippen molar-refractivity contribution in [3.05, 3.63) is 71.0 Å². The molecule has 5 heteroatoms. The number of carbonyl (C=O) groups is 2. The highest BCUT2D eigenvalue weighted by molar-refractivity contribution is 5.87. The summed E-state index contributed by atoms with van der Waals surface area (Å²) in [5.74, 6) is -3.54. The van der Waals surface area contributed by atoms with E-state index in [-0.39, 0.29) is 12.0 Å². The number of carboxylic acid groups (broad SMARTS) is 2. The second-order valence-corrected chi connectivity index (χ2v) is 4.61. The molecule has 0 radical (unpaired) electrons. The standard InChI is InChI=1S/C16H13FO4/c17-14-4-2-1-3-12(14)9-13(16(20)21)10-5-7-11(8-6-10)15(18)19/h1-8,13H,9H2,(H,18,19)(H,20,21). The van der Waals surface area contributed by atoms with Gasteiger partial charge in [0, 0.05) is 0 Å². The summed E-state index contributed by atoms with van der Waals surface area (Å²) >= 11 is 0. The average molecular weight is 288 g/mol. The molecule has 2 rings (SSSR count). The molecule has 0 heterocycles. The quantitative estimate of drug-likeness (QED) is 0.887. The van der Waals surface area contributed by atoms with Crippen LogP contribution in [0.3, 0.4) is 0 Å². The number of aliphatic carboxylic acids is 1. The number of halogens is 1. The molecule has 2 N–H and O–H groups in total. The van der Waals surface area contributed by atoms with Crippen LogP contribution in [0.4, 0.5) is 4.39 Å². The molecular weight excluding hydrogens is 275 g/mol. The third-order valence-corrected chi connectivity index (χ3v) is 3.24. The van der Waals surface area contributed by atoms with E-state index in [0.717, 1.165) is 0 Å². The fourth-order valence-corrected chi connectivity index (χ4v) is 2.09. The van der Waals surface area contributed by atoms with Crippen molar-refractivity contribution in [3.63, 3.8) is 0 Å². The van der Waals surface area contributed by atoms with E-state index in [0.29, 0.717) is 11.1 Å². The fraction of sp³-hybridized carbons (Fsp3) is 0.125. The van der Waals surface area contributed by atoms with Gasteiger partial charge in [0.2, 0.25) is 0 Å². The lowest BCUT2D eigenvalue weighted by Crippen LogP contribution is -2.15. The molecule has 0 aliphatic carbocycles. The van der Waals surface area contributed by atoms with Gasteiger partial charge in [-0.3, -0.25) is 4.79 Å². The molecule has 0 saturated heterocycles. The average Bonchev–Trinajstić information content (AvgIpc) is 2.46. The minimum absolute atomic E-state index is 0.00836. The molecular formula is C16H13FO4. The Labute approximate surface area is 120 Å². The Morgan fingerprint density at radius 3 is 2.14 bits per heavy atom. The normalized spacial score (nSPS) is 11.9. The highest BCUT2D eigenvalue weighted by Gasteiger charge is 2.22. The monoisotopic (exact) mass is 288 g/mol. The van der Waals surface area contributed by atoms with Crippen LogP contribution in [0.2, 0.25) is 0 Å². The summed E-state index contributed by atoms with van der Waals surface area (Å²) in [5.41, 5.74) is 0.830. The van der Waals surface area contributed by atoms with Gasteiger partial charge in [-0.2, -0.15) is 0 Å². The van der Waals surface area contributed by atoms with Crippen molar-refractivity contribution in [1.82, 2.24) is 0 Å². The lowest BCUT2D eigenvalue weighted by atomic mass is 9.91. The van der Waals surface area contributed by atoms with Gasteiger partial charge in [-0.1, -0.05) is 30.3 Å². The predicted octanol–water partition coefficient (Wildman–Crippen LogP) is 2.93. The van der Waals surface area contributed by atoms with Crippen LogP contribution < -0.4 is 0 Å². The van der Waals surface area contributed by atoms with Gasteiger partial charge in [0.1, 0.15) is 5.82 Å². The lowest BCUT2D eigenvalue weighted by molar-refractivity contribution is -0.138. The van der Waals surface area contributed by atoms with Crippen LogP contribution in [0.25, 0.3) is 0 Å². The molecule has 0 aromatic heterocycles. The number of carboxylic acids is 2. The zero-order valence-corrected chi connectivity index (χ0v) is 11.0. The molecule has 0 amide bonds. The Hall–Kier alpha value is -2.69. The molecule has 108 valence electrons. The van der Waals surface area contributed by atoms with E-state index in [2.05, 4.69) is 0 Å². The smallest absolute Gasteiger partial charge is 0.335 e. The van der Waals surface area contributed by atoms with Crippen molar-refractivity contribution in [2.24, 2.45) is 0 Å². The van der Waals surface area contributed by atoms with Crippen molar-refractivity contribution in [2.45, 2.75) is 12.3 Å². The van der Waals surface area contributed by atoms with E-state index in [1.807, 2.05) is 0 Å². The van der Waals surface area contributed by atoms with Gasteiger partial charge < -0.3 is 10.2 Å². The maximum Gasteiger partial charge on any atom is 0.335 e. The molecule has 1 unspecified atom stereocenters. The van der Waals surface area contributed by atoms with Crippen LogP contribution in [0.1, 0.15) is 27.4 Å². The summed E-state index contributed by atoms with van der Waals surface area (Å²) in [7, 11) is 0. The van der Waals surface area contributed by atoms with Gasteiger partial charge in [0.05, 0.1) is 11.5 Å². The van der Waals surface area contributed by atoms with Crippen LogP contribution >= 0.6 is 0 Å². The SMILES string of the molecule is O=C(O)c1ccc(C(Cc2ccccc2F)C(=O)O)cc1. The molecule has 0 spiro atoms. The zero-order chi connectivity index (χ0) is 15.4. The first-order valence-electron chi connectivity index (χ1n) is 6.28. The van der Waals surface area contributed by atoms with E-state index in [9.17, 15) is 19.1 Å². The van der Waals surface area contributed by atoms with Crippen LogP contribution in [0, 0.1) is 5.82 Å². The van der Waals surface area contributed by atoms with Crippen molar-refractivity contribution >= 4 is 11.9 Å². The maximum absolute atomic E-state index is 13.6. The topological polar surface area (TPSA) is 74.6 Å². The van der Waals surface area contributed by atoms with E-state index < -0.39 is 23.7 Å². The molecule has 2 aromatic carbocycles. The molecule has 0 aliphatic heterocycles. The third kappa shape index (κ3) is 3.45. The Bertz CT molecular complexity index is 664. The van der Waals surface area contributed by atoms with Crippen molar-refractivity contribution in [2.75, 3.05) is 0 Å². The van der Waals surface area contributed by atoms with Gasteiger partial charge in [-0.15, -0.1) is 0 Å². The summed E-state index contributed by atoms with van der Waals surface area (Å²) in [6.45, 7) is 0. The summed E-state index contributed by atoms with van der Waals surface area (Å²) in [6.07, 6.45) is 0.00836. The molecule has 21 heavy (non-hydrogen) atoms. The summed E-state index contributed by atoms with van der Waals surface area (Å²) in [4.78, 5) is 22.2. The van der Waals surface area contributed by atoms with E-state index in [1.165, 1.54) is 42.5 Å². The maximum atomic E-state index is 13.6. The van der Waals surface area contributed by atoms with Gasteiger partial charge in [0.25, 0.3) is 0 Å². The minimum Gasteiger partial charge on any atom is -0.481 e. The molecule has 0 bridgehead atoms. The first-order valence-corrected chi connectivity index (χ1v) is 6.28. The zero-order valence-electron chi connectivity index (χ0n) is 11.0. The van der Waals surface area contributed by atoms with Gasteiger partial charge in [-0.25, -0.2) is 9.18 Å². The molecule has 0 saturated carbocycles. The third-order valence-electron chi connectivity index (χ3n) is 3.24. The highest BCUT2D eigenvalue weighted by atomic mass is 19.1. The first-order chi connectivity index (χ1) is 9.99. The number of hydrogen-bond acceptors (Lipinski definition) is 2. The summed E-state index contributed by atoms with van der Waals surface area (Å²) in [5, 5.41) is 18.1. The summed E-state index contributed by atoms with van der Waals surface area (Å²) in [6, 6.07) is 11.6. The molecule has 4 nitrogen and oxygen atoms in total.